The van der Waals surface area contributed by atoms with Gasteiger partial charge >= 0.3 is 0 Å². The molecule has 19 heavy (non-hydrogen) atoms. The molecule has 1 fully saturated rings. The Labute approximate surface area is 113 Å². The molecule has 2 N–H and O–H groups in total. The first kappa shape index (κ1) is 13.8. The third-order valence-electron chi connectivity index (χ3n) is 3.72. The first-order valence-corrected chi connectivity index (χ1v) is 6.50. The number of benzene rings is 1. The van der Waals surface area contributed by atoms with Gasteiger partial charge in [0.1, 0.15) is 5.82 Å². The zero-order chi connectivity index (χ0) is 14.0. The zero-order valence-corrected chi connectivity index (χ0v) is 11.4. The first-order valence-electron chi connectivity index (χ1n) is 6.50. The molecule has 0 spiro atoms. The summed E-state index contributed by atoms with van der Waals surface area (Å²) in [6.07, 6.45) is 1.94. The third-order valence-corrected chi connectivity index (χ3v) is 3.72. The molecule has 0 atom stereocenters. The Bertz CT molecular complexity index is 468. The molecule has 1 aliphatic heterocycles. The fourth-order valence-electron chi connectivity index (χ4n) is 2.44. The molecule has 0 aliphatic carbocycles. The molecule has 1 saturated heterocycles. The minimum Gasteiger partial charge on any atom is -0.396 e. The Hall–Kier alpha value is -1.62. The summed E-state index contributed by atoms with van der Waals surface area (Å²) in [6, 6.07) is 4.68. The minimum absolute atomic E-state index is 0.0222. The van der Waals surface area contributed by atoms with E-state index in [0.29, 0.717) is 11.6 Å². The van der Waals surface area contributed by atoms with Crippen LogP contribution in [-0.2, 0) is 0 Å². The van der Waals surface area contributed by atoms with Crippen molar-refractivity contribution in [2.75, 3.05) is 32.9 Å². The Balaban J connectivity index is 2.03. The molecule has 1 heterocycles. The van der Waals surface area contributed by atoms with Crippen molar-refractivity contribution in [1.82, 2.24) is 9.80 Å². The topological polar surface area (TPSA) is 49.6 Å². The van der Waals surface area contributed by atoms with Crippen LogP contribution in [0.5, 0.6) is 0 Å². The highest BCUT2D eigenvalue weighted by Crippen LogP contribution is 2.18. The molecule has 1 aromatic rings. The molecule has 2 rings (SSSR count). The number of carbonyl (C=O) groups is 1. The molecule has 0 unspecified atom stereocenters. The molecule has 1 aromatic carbocycles. The Morgan fingerprint density at radius 2 is 2.00 bits per heavy atom. The molecule has 0 aromatic heterocycles. The van der Waals surface area contributed by atoms with E-state index >= 15 is 0 Å². The maximum Gasteiger partial charge on any atom is 0.253 e. The standard InChI is InChI=1S/C14H20FN3O/c1-17(2)11-5-7-18(8-6-11)14(19)10-3-4-12(15)13(16)9-10/h3-4,9,11H,5-8,16H2,1-2H3. The minimum atomic E-state index is -0.483. The highest BCUT2D eigenvalue weighted by atomic mass is 19.1. The lowest BCUT2D eigenvalue weighted by atomic mass is 10.0. The van der Waals surface area contributed by atoms with E-state index in [4.69, 9.17) is 5.73 Å². The van der Waals surface area contributed by atoms with Gasteiger partial charge in [-0.25, -0.2) is 4.39 Å². The molecular formula is C14H20FN3O. The number of nitrogens with two attached hydrogens (primary N) is 1. The lowest BCUT2D eigenvalue weighted by Gasteiger charge is -2.35. The highest BCUT2D eigenvalue weighted by Gasteiger charge is 2.24. The molecular weight excluding hydrogens is 245 g/mol. The van der Waals surface area contributed by atoms with Gasteiger partial charge in [0, 0.05) is 24.7 Å². The fraction of sp³-hybridized carbons (Fsp3) is 0.500. The van der Waals surface area contributed by atoms with Crippen LogP contribution in [0.1, 0.15) is 23.2 Å². The maximum absolute atomic E-state index is 13.1. The molecule has 104 valence electrons. The molecule has 1 aliphatic rings. The number of halogens is 1. The van der Waals surface area contributed by atoms with Crippen molar-refractivity contribution in [3.05, 3.63) is 29.6 Å². The highest BCUT2D eigenvalue weighted by molar-refractivity contribution is 5.95. The number of hydrogen-bond donors (Lipinski definition) is 1. The molecule has 0 bridgehead atoms. The van der Waals surface area contributed by atoms with E-state index in [-0.39, 0.29) is 11.6 Å². The number of nitrogens with zero attached hydrogens (tertiary/aromatic N) is 2. The molecule has 0 saturated carbocycles. The molecule has 4 nitrogen and oxygen atoms in total. The van der Waals surface area contributed by atoms with Gasteiger partial charge in [0.25, 0.3) is 5.91 Å². The maximum atomic E-state index is 13.1. The second-order valence-electron chi connectivity index (χ2n) is 5.22. The van der Waals surface area contributed by atoms with Gasteiger partial charge in [0.15, 0.2) is 0 Å². The summed E-state index contributed by atoms with van der Waals surface area (Å²) < 4.78 is 13.1. The van der Waals surface area contributed by atoms with Crippen molar-refractivity contribution in [3.63, 3.8) is 0 Å². The Morgan fingerprint density at radius 3 is 2.53 bits per heavy atom. The van der Waals surface area contributed by atoms with E-state index in [9.17, 15) is 9.18 Å². The van der Waals surface area contributed by atoms with Crippen LogP contribution in [0.2, 0.25) is 0 Å². The van der Waals surface area contributed by atoms with Crippen LogP contribution in [0.4, 0.5) is 10.1 Å². The average Bonchev–Trinajstić information content (AvgIpc) is 2.41. The van der Waals surface area contributed by atoms with Crippen molar-refractivity contribution in [1.29, 1.82) is 0 Å². The van der Waals surface area contributed by atoms with Gasteiger partial charge in [-0.15, -0.1) is 0 Å². The van der Waals surface area contributed by atoms with Crippen LogP contribution in [0.15, 0.2) is 18.2 Å². The van der Waals surface area contributed by atoms with Crippen molar-refractivity contribution in [3.8, 4) is 0 Å². The molecule has 0 radical (unpaired) electrons. The van der Waals surface area contributed by atoms with Crippen LogP contribution in [0.3, 0.4) is 0 Å². The molecule has 1 amide bonds. The van der Waals surface area contributed by atoms with Gasteiger partial charge in [0.05, 0.1) is 5.69 Å². The summed E-state index contributed by atoms with van der Waals surface area (Å²) >= 11 is 0. The lowest BCUT2D eigenvalue weighted by molar-refractivity contribution is 0.0663. The lowest BCUT2D eigenvalue weighted by Crippen LogP contribution is -2.44. The van der Waals surface area contributed by atoms with Gasteiger partial charge < -0.3 is 15.5 Å². The molecule has 5 heteroatoms. The van der Waals surface area contributed by atoms with E-state index in [1.807, 2.05) is 4.90 Å². The van der Waals surface area contributed by atoms with E-state index in [2.05, 4.69) is 19.0 Å². The van der Waals surface area contributed by atoms with Crippen LogP contribution in [-0.4, -0.2) is 48.9 Å². The monoisotopic (exact) mass is 265 g/mol. The van der Waals surface area contributed by atoms with Gasteiger partial charge in [-0.3, -0.25) is 4.79 Å². The summed E-state index contributed by atoms with van der Waals surface area (Å²) in [4.78, 5) is 16.3. The van der Waals surface area contributed by atoms with Crippen LogP contribution < -0.4 is 5.73 Å². The number of nitrogen functional groups attached to an aromatic ring is 1. The number of carbonyl (C=O) groups excluding carboxylic acids is 1. The average molecular weight is 265 g/mol. The second-order valence-corrected chi connectivity index (χ2v) is 5.22. The van der Waals surface area contributed by atoms with E-state index in [1.165, 1.54) is 18.2 Å². The predicted molar refractivity (Wildman–Crippen MR) is 73.4 cm³/mol. The summed E-state index contributed by atoms with van der Waals surface area (Å²) in [6.45, 7) is 1.47. The van der Waals surface area contributed by atoms with Crippen LogP contribution >= 0.6 is 0 Å². The largest absolute Gasteiger partial charge is 0.396 e. The smallest absolute Gasteiger partial charge is 0.253 e. The van der Waals surface area contributed by atoms with Crippen molar-refractivity contribution < 1.29 is 9.18 Å². The Morgan fingerprint density at radius 1 is 1.37 bits per heavy atom. The van der Waals surface area contributed by atoms with Gasteiger partial charge in [-0.05, 0) is 45.1 Å². The van der Waals surface area contributed by atoms with Crippen molar-refractivity contribution in [2.45, 2.75) is 18.9 Å². The zero-order valence-electron chi connectivity index (χ0n) is 11.4. The second kappa shape index (κ2) is 5.57. The van der Waals surface area contributed by atoms with Gasteiger partial charge in [-0.1, -0.05) is 0 Å². The van der Waals surface area contributed by atoms with Crippen molar-refractivity contribution >= 4 is 11.6 Å². The number of anilines is 1. The normalized spacial score (nSPS) is 16.9. The van der Waals surface area contributed by atoms with E-state index in [1.54, 1.807) is 0 Å². The van der Waals surface area contributed by atoms with Gasteiger partial charge in [-0.2, -0.15) is 0 Å². The quantitative estimate of drug-likeness (QED) is 0.826. The van der Waals surface area contributed by atoms with Crippen molar-refractivity contribution in [2.24, 2.45) is 0 Å². The summed E-state index contributed by atoms with van der Waals surface area (Å²) in [5.41, 5.74) is 5.98. The number of hydrogen-bond acceptors (Lipinski definition) is 3. The van der Waals surface area contributed by atoms with Crippen LogP contribution in [0.25, 0.3) is 0 Å². The summed E-state index contributed by atoms with van der Waals surface area (Å²) in [5.74, 6) is -0.549. The van der Waals surface area contributed by atoms with Gasteiger partial charge in [0.2, 0.25) is 0 Å². The fourth-order valence-corrected chi connectivity index (χ4v) is 2.44. The van der Waals surface area contributed by atoms with E-state index < -0.39 is 5.82 Å². The SMILES string of the molecule is CN(C)C1CCN(C(=O)c2ccc(F)c(N)c2)CC1. The number of likely N-dealkylation sites (tertiary alicyclic amines) is 1. The third kappa shape index (κ3) is 3.04. The van der Waals surface area contributed by atoms with E-state index in [0.717, 1.165) is 25.9 Å². The predicted octanol–water partition coefficient (Wildman–Crippen LogP) is 1.57. The summed E-state index contributed by atoms with van der Waals surface area (Å²) in [5, 5.41) is 0. The summed E-state index contributed by atoms with van der Waals surface area (Å²) in [7, 11) is 4.12. The first-order chi connectivity index (χ1) is 8.99. The number of amides is 1. The number of rotatable bonds is 2. The Kier molecular flexibility index (Phi) is 4.04. The number of piperidine rings is 1. The van der Waals surface area contributed by atoms with Crippen LogP contribution in [0, 0.1) is 5.82 Å².